The highest BCUT2D eigenvalue weighted by molar-refractivity contribution is 5.89. The van der Waals surface area contributed by atoms with Gasteiger partial charge >= 0.3 is 5.97 Å². The van der Waals surface area contributed by atoms with E-state index in [-0.39, 0.29) is 24.9 Å². The number of piperazine rings is 1. The van der Waals surface area contributed by atoms with E-state index in [4.69, 9.17) is 5.11 Å². The van der Waals surface area contributed by atoms with Gasteiger partial charge in [-0.25, -0.2) is 4.79 Å². The third-order valence-corrected chi connectivity index (χ3v) is 2.56. The SMILES string of the molecule is CC(C)C(NC(=O)C1CNC(=O)CN1)C(=O)O. The Balaban J connectivity index is 2.53. The molecule has 1 aliphatic heterocycles. The minimum atomic E-state index is -1.06. The average molecular weight is 243 g/mol. The molecule has 2 amide bonds. The van der Waals surface area contributed by atoms with E-state index in [1.54, 1.807) is 13.8 Å². The summed E-state index contributed by atoms with van der Waals surface area (Å²) in [5.41, 5.74) is 0. The Hall–Kier alpha value is -1.63. The number of carbonyl (C=O) groups excluding carboxylic acids is 2. The van der Waals surface area contributed by atoms with E-state index in [1.165, 1.54) is 0 Å². The number of carboxylic acids is 1. The van der Waals surface area contributed by atoms with Gasteiger partial charge in [0.25, 0.3) is 0 Å². The molecular weight excluding hydrogens is 226 g/mol. The van der Waals surface area contributed by atoms with Gasteiger partial charge in [-0.05, 0) is 5.92 Å². The average Bonchev–Trinajstić information content (AvgIpc) is 2.25. The first kappa shape index (κ1) is 13.4. The molecule has 1 rings (SSSR count). The molecule has 17 heavy (non-hydrogen) atoms. The number of rotatable bonds is 4. The van der Waals surface area contributed by atoms with Crippen LogP contribution in [-0.4, -0.2) is 48.1 Å². The lowest BCUT2D eigenvalue weighted by Crippen LogP contribution is -2.60. The standard InChI is InChI=1S/C10H17N3O4/c1-5(2)8(10(16)17)13-9(15)6-3-12-7(14)4-11-6/h5-6,8,11H,3-4H2,1-2H3,(H,12,14)(H,13,15)(H,16,17). The largest absolute Gasteiger partial charge is 0.480 e. The molecule has 2 atom stereocenters. The molecule has 1 aliphatic rings. The molecule has 1 fully saturated rings. The molecule has 96 valence electrons. The van der Waals surface area contributed by atoms with Gasteiger partial charge in [-0.3, -0.25) is 14.9 Å². The lowest BCUT2D eigenvalue weighted by molar-refractivity contribution is -0.143. The minimum absolute atomic E-state index is 0.0670. The fourth-order valence-electron chi connectivity index (χ4n) is 1.52. The molecule has 0 saturated carbocycles. The van der Waals surface area contributed by atoms with E-state index < -0.39 is 24.0 Å². The summed E-state index contributed by atoms with van der Waals surface area (Å²) in [4.78, 5) is 33.5. The van der Waals surface area contributed by atoms with Crippen LogP contribution in [0.1, 0.15) is 13.8 Å². The van der Waals surface area contributed by atoms with Crippen LogP contribution in [-0.2, 0) is 14.4 Å². The molecule has 7 heteroatoms. The molecule has 0 spiro atoms. The molecule has 0 bridgehead atoms. The van der Waals surface area contributed by atoms with Gasteiger partial charge in [-0.15, -0.1) is 0 Å². The van der Waals surface area contributed by atoms with Gasteiger partial charge in [-0.2, -0.15) is 0 Å². The summed E-state index contributed by atoms with van der Waals surface area (Å²) < 4.78 is 0. The molecular formula is C10H17N3O4. The molecule has 0 aliphatic carbocycles. The Morgan fingerprint density at radius 2 is 2.12 bits per heavy atom. The number of hydrogen-bond acceptors (Lipinski definition) is 4. The highest BCUT2D eigenvalue weighted by Crippen LogP contribution is 2.02. The lowest BCUT2D eigenvalue weighted by Gasteiger charge is -2.26. The van der Waals surface area contributed by atoms with Gasteiger partial charge in [0.05, 0.1) is 6.54 Å². The fraction of sp³-hybridized carbons (Fsp3) is 0.700. The number of amides is 2. The van der Waals surface area contributed by atoms with Crippen molar-refractivity contribution in [3.05, 3.63) is 0 Å². The van der Waals surface area contributed by atoms with Crippen LogP contribution in [0.5, 0.6) is 0 Å². The fourth-order valence-corrected chi connectivity index (χ4v) is 1.52. The maximum atomic E-state index is 11.7. The van der Waals surface area contributed by atoms with Crippen molar-refractivity contribution in [1.82, 2.24) is 16.0 Å². The molecule has 0 radical (unpaired) electrons. The van der Waals surface area contributed by atoms with E-state index in [1.807, 2.05) is 0 Å². The predicted octanol–water partition coefficient (Wildman–Crippen LogP) is -1.70. The maximum Gasteiger partial charge on any atom is 0.326 e. The van der Waals surface area contributed by atoms with Crippen molar-refractivity contribution < 1.29 is 19.5 Å². The van der Waals surface area contributed by atoms with Crippen LogP contribution in [0.2, 0.25) is 0 Å². The van der Waals surface area contributed by atoms with Crippen molar-refractivity contribution in [3.8, 4) is 0 Å². The van der Waals surface area contributed by atoms with Gasteiger partial charge in [0.2, 0.25) is 11.8 Å². The Labute approximate surface area is 98.9 Å². The van der Waals surface area contributed by atoms with Crippen molar-refractivity contribution >= 4 is 17.8 Å². The van der Waals surface area contributed by atoms with Gasteiger partial charge in [0.1, 0.15) is 12.1 Å². The second-order valence-corrected chi connectivity index (χ2v) is 4.31. The summed E-state index contributed by atoms with van der Waals surface area (Å²) in [5, 5.41) is 16.6. The van der Waals surface area contributed by atoms with Crippen LogP contribution in [0.15, 0.2) is 0 Å². The monoisotopic (exact) mass is 243 g/mol. The zero-order valence-corrected chi connectivity index (χ0v) is 9.82. The van der Waals surface area contributed by atoms with Crippen LogP contribution in [0.3, 0.4) is 0 Å². The normalized spacial score (nSPS) is 21.8. The molecule has 7 nitrogen and oxygen atoms in total. The molecule has 1 heterocycles. The first-order valence-corrected chi connectivity index (χ1v) is 5.45. The van der Waals surface area contributed by atoms with Crippen LogP contribution in [0, 0.1) is 5.92 Å². The van der Waals surface area contributed by atoms with Crippen LogP contribution in [0.25, 0.3) is 0 Å². The first-order chi connectivity index (χ1) is 7.91. The van der Waals surface area contributed by atoms with Gasteiger partial charge < -0.3 is 15.7 Å². The Kier molecular flexibility index (Phi) is 4.45. The summed E-state index contributed by atoms with van der Waals surface area (Å²) in [6.45, 7) is 3.68. The molecule has 2 unspecified atom stereocenters. The van der Waals surface area contributed by atoms with Crippen molar-refractivity contribution in [2.75, 3.05) is 13.1 Å². The highest BCUT2D eigenvalue weighted by Gasteiger charge is 2.29. The third kappa shape index (κ3) is 3.70. The van der Waals surface area contributed by atoms with Crippen LogP contribution in [0.4, 0.5) is 0 Å². The second kappa shape index (κ2) is 5.62. The molecule has 0 aromatic rings. The zero-order chi connectivity index (χ0) is 13.0. The van der Waals surface area contributed by atoms with Crippen molar-refractivity contribution in [1.29, 1.82) is 0 Å². The summed E-state index contributed by atoms with van der Waals surface area (Å²) in [6, 6.07) is -1.49. The van der Waals surface area contributed by atoms with Gasteiger partial charge in [0, 0.05) is 6.54 Å². The van der Waals surface area contributed by atoms with Crippen molar-refractivity contribution in [2.45, 2.75) is 25.9 Å². The minimum Gasteiger partial charge on any atom is -0.480 e. The first-order valence-electron chi connectivity index (χ1n) is 5.45. The molecule has 1 saturated heterocycles. The zero-order valence-electron chi connectivity index (χ0n) is 9.82. The maximum absolute atomic E-state index is 11.7. The number of nitrogens with one attached hydrogen (secondary N) is 3. The quantitative estimate of drug-likeness (QED) is 0.471. The Morgan fingerprint density at radius 3 is 2.53 bits per heavy atom. The van der Waals surface area contributed by atoms with Gasteiger partial charge in [0.15, 0.2) is 0 Å². The third-order valence-electron chi connectivity index (χ3n) is 2.56. The van der Waals surface area contributed by atoms with Gasteiger partial charge in [-0.1, -0.05) is 13.8 Å². The van der Waals surface area contributed by atoms with E-state index in [2.05, 4.69) is 16.0 Å². The summed E-state index contributed by atoms with van der Waals surface area (Å²) in [5.74, 6) is -1.85. The summed E-state index contributed by atoms with van der Waals surface area (Å²) in [7, 11) is 0. The lowest BCUT2D eigenvalue weighted by atomic mass is 10.0. The number of carbonyl (C=O) groups is 3. The second-order valence-electron chi connectivity index (χ2n) is 4.31. The molecule has 0 aromatic carbocycles. The number of aliphatic carboxylic acids is 1. The van der Waals surface area contributed by atoms with E-state index in [9.17, 15) is 14.4 Å². The van der Waals surface area contributed by atoms with E-state index in [0.29, 0.717) is 0 Å². The molecule has 0 aromatic heterocycles. The van der Waals surface area contributed by atoms with Crippen LogP contribution < -0.4 is 16.0 Å². The van der Waals surface area contributed by atoms with Crippen molar-refractivity contribution in [2.24, 2.45) is 5.92 Å². The predicted molar refractivity (Wildman–Crippen MR) is 59.2 cm³/mol. The van der Waals surface area contributed by atoms with Crippen LogP contribution >= 0.6 is 0 Å². The Morgan fingerprint density at radius 1 is 1.47 bits per heavy atom. The summed E-state index contributed by atoms with van der Waals surface area (Å²) in [6.07, 6.45) is 0. The van der Waals surface area contributed by atoms with E-state index in [0.717, 1.165) is 0 Å². The highest BCUT2D eigenvalue weighted by atomic mass is 16.4. The topological polar surface area (TPSA) is 108 Å². The smallest absolute Gasteiger partial charge is 0.326 e. The summed E-state index contributed by atoms with van der Waals surface area (Å²) >= 11 is 0. The number of hydrogen-bond donors (Lipinski definition) is 4. The van der Waals surface area contributed by atoms with Crippen molar-refractivity contribution in [3.63, 3.8) is 0 Å². The Bertz CT molecular complexity index is 320. The van der Waals surface area contributed by atoms with E-state index >= 15 is 0 Å². The molecule has 4 N–H and O–H groups in total. The number of carboxylic acid groups (broad SMARTS) is 1.